The third-order valence-corrected chi connectivity index (χ3v) is 5.45. The Morgan fingerprint density at radius 1 is 1.27 bits per heavy atom. The number of piperidine rings is 1. The molecule has 1 atom stereocenters. The van der Waals surface area contributed by atoms with Crippen LogP contribution in [0.15, 0.2) is 47.2 Å². The van der Waals surface area contributed by atoms with Crippen molar-refractivity contribution < 1.29 is 14.4 Å². The largest absolute Gasteiger partial charge is 0.323 e. The van der Waals surface area contributed by atoms with Crippen LogP contribution < -0.4 is 10.6 Å². The summed E-state index contributed by atoms with van der Waals surface area (Å²) in [6.45, 7) is 1.94. The van der Waals surface area contributed by atoms with Gasteiger partial charge in [-0.15, -0.1) is 0 Å². The summed E-state index contributed by atoms with van der Waals surface area (Å²) in [4.78, 5) is 35.9. The zero-order valence-corrected chi connectivity index (χ0v) is 15.3. The second-order valence-electron chi connectivity index (χ2n) is 6.27. The predicted octanol–water partition coefficient (Wildman–Crippen LogP) is 3.48. The third kappa shape index (κ3) is 3.75. The average molecular weight is 368 g/mol. The van der Waals surface area contributed by atoms with Crippen molar-refractivity contribution in [2.45, 2.75) is 31.6 Å². The van der Waals surface area contributed by atoms with Gasteiger partial charge >= 0.3 is 0 Å². The van der Waals surface area contributed by atoms with Gasteiger partial charge in [0, 0.05) is 18.2 Å². The van der Waals surface area contributed by atoms with Gasteiger partial charge < -0.3 is 5.32 Å². The molecule has 1 aliphatic heterocycles. The first-order valence-corrected chi connectivity index (χ1v) is 9.44. The molecule has 0 bridgehead atoms. The topological polar surface area (TPSA) is 75.3 Å². The first-order valence-electron chi connectivity index (χ1n) is 8.49. The van der Waals surface area contributed by atoms with Crippen LogP contribution in [0, 0.1) is 0 Å². The Hall–Kier alpha value is -2.73. The summed E-state index contributed by atoms with van der Waals surface area (Å²) >= 11 is 1.58. The second-order valence-corrected chi connectivity index (χ2v) is 7.05. The minimum atomic E-state index is -0.685. The highest BCUT2D eigenvalue weighted by atomic mass is 32.1. The molecule has 134 valence electrons. The second kappa shape index (κ2) is 7.66. The molecule has 0 saturated carbocycles. The van der Waals surface area contributed by atoms with Gasteiger partial charge in [-0.1, -0.05) is 19.1 Å². The lowest BCUT2D eigenvalue weighted by atomic mass is 9.72. The van der Waals surface area contributed by atoms with Crippen LogP contribution in [0.4, 0.5) is 5.69 Å². The number of benzene rings is 1. The Morgan fingerprint density at radius 2 is 2.04 bits per heavy atom. The molecule has 2 N–H and O–H groups in total. The van der Waals surface area contributed by atoms with Gasteiger partial charge in [-0.25, -0.2) is 0 Å². The minimum absolute atomic E-state index is 0.213. The minimum Gasteiger partial charge on any atom is -0.323 e. The van der Waals surface area contributed by atoms with Crippen LogP contribution in [-0.4, -0.2) is 17.7 Å². The lowest BCUT2D eigenvalue weighted by molar-refractivity contribution is -0.138. The van der Waals surface area contributed by atoms with E-state index >= 15 is 0 Å². The Balaban J connectivity index is 1.70. The fraction of sp³-hybridized carbons (Fsp3) is 0.250. The normalized spacial score (nSPS) is 20.2. The number of hydrogen-bond donors (Lipinski definition) is 2. The Morgan fingerprint density at radius 3 is 2.65 bits per heavy atom. The smallest absolute Gasteiger partial charge is 0.248 e. The third-order valence-electron chi connectivity index (χ3n) is 4.75. The number of hydrogen-bond acceptors (Lipinski definition) is 4. The number of carbonyl (C=O) groups excluding carboxylic acids is 3. The van der Waals surface area contributed by atoms with Gasteiger partial charge in [0.1, 0.15) is 0 Å². The van der Waals surface area contributed by atoms with Crippen molar-refractivity contribution in [2.24, 2.45) is 0 Å². The summed E-state index contributed by atoms with van der Waals surface area (Å²) in [6.07, 6.45) is 4.70. The molecule has 1 fully saturated rings. The van der Waals surface area contributed by atoms with Crippen molar-refractivity contribution >= 4 is 40.8 Å². The maximum atomic E-state index is 12.4. The van der Waals surface area contributed by atoms with E-state index in [1.807, 2.05) is 35.9 Å². The van der Waals surface area contributed by atoms with Crippen molar-refractivity contribution in [3.8, 4) is 0 Å². The van der Waals surface area contributed by atoms with E-state index in [0.29, 0.717) is 24.9 Å². The molecule has 2 aromatic rings. The van der Waals surface area contributed by atoms with Gasteiger partial charge in [0.05, 0.1) is 5.41 Å². The van der Waals surface area contributed by atoms with Gasteiger partial charge in [0.2, 0.25) is 17.7 Å². The Labute approximate surface area is 156 Å². The molecule has 1 aromatic heterocycles. The van der Waals surface area contributed by atoms with Crippen LogP contribution in [0.2, 0.25) is 0 Å². The first kappa shape index (κ1) is 18.1. The van der Waals surface area contributed by atoms with E-state index in [0.717, 1.165) is 11.1 Å². The molecule has 0 aliphatic carbocycles. The van der Waals surface area contributed by atoms with Crippen LogP contribution >= 0.6 is 11.3 Å². The number of anilines is 1. The zero-order valence-electron chi connectivity index (χ0n) is 14.5. The van der Waals surface area contributed by atoms with Gasteiger partial charge in [0.25, 0.3) is 0 Å². The molecule has 6 heteroatoms. The number of imide groups is 1. The highest BCUT2D eigenvalue weighted by Gasteiger charge is 2.42. The maximum absolute atomic E-state index is 12.4. The van der Waals surface area contributed by atoms with Crippen molar-refractivity contribution in [3.05, 3.63) is 58.3 Å². The van der Waals surface area contributed by atoms with Crippen molar-refractivity contribution in [3.63, 3.8) is 0 Å². The molecular formula is C20H20N2O3S. The fourth-order valence-corrected chi connectivity index (χ4v) is 3.79. The quantitative estimate of drug-likeness (QED) is 0.627. The summed E-state index contributed by atoms with van der Waals surface area (Å²) in [5.74, 6) is -0.678. The molecule has 3 rings (SSSR count). The summed E-state index contributed by atoms with van der Waals surface area (Å²) in [6, 6.07) is 9.20. The number of amides is 3. The Bertz CT molecular complexity index is 840. The number of rotatable bonds is 5. The monoisotopic (exact) mass is 368 g/mol. The summed E-state index contributed by atoms with van der Waals surface area (Å²) < 4.78 is 0. The van der Waals surface area contributed by atoms with Crippen LogP contribution in [0.3, 0.4) is 0 Å². The van der Waals surface area contributed by atoms with Gasteiger partial charge in [0.15, 0.2) is 0 Å². The van der Waals surface area contributed by atoms with Crippen LogP contribution in [0.25, 0.3) is 6.08 Å². The molecule has 1 aliphatic rings. The molecule has 0 radical (unpaired) electrons. The SMILES string of the molecule is CCC1(c2ccc(NC(=O)/C=C/c3ccsc3)cc2)CCC(=O)NC1=O. The number of carbonyl (C=O) groups is 3. The first-order chi connectivity index (χ1) is 12.5. The molecule has 1 aromatic carbocycles. The van der Waals surface area contributed by atoms with E-state index in [2.05, 4.69) is 10.6 Å². The maximum Gasteiger partial charge on any atom is 0.248 e. The van der Waals surface area contributed by atoms with Gasteiger partial charge in [-0.3, -0.25) is 19.7 Å². The summed E-state index contributed by atoms with van der Waals surface area (Å²) in [7, 11) is 0. The Kier molecular flexibility index (Phi) is 5.32. The molecule has 1 saturated heterocycles. The van der Waals surface area contributed by atoms with Crippen LogP contribution in [0.1, 0.15) is 37.3 Å². The molecule has 2 heterocycles. The standard InChI is InChI=1S/C20H20N2O3S/c1-2-20(11-9-18(24)22-19(20)25)15-4-6-16(7-5-15)21-17(23)8-3-14-10-12-26-13-14/h3-8,10,12-13H,2,9,11H2,1H3,(H,21,23)(H,22,24,25)/b8-3+. The highest BCUT2D eigenvalue weighted by molar-refractivity contribution is 7.08. The molecule has 1 unspecified atom stereocenters. The van der Waals surface area contributed by atoms with Crippen molar-refractivity contribution in [2.75, 3.05) is 5.32 Å². The van der Waals surface area contributed by atoms with E-state index in [9.17, 15) is 14.4 Å². The van der Waals surface area contributed by atoms with E-state index in [1.165, 1.54) is 6.08 Å². The summed E-state index contributed by atoms with van der Waals surface area (Å²) in [5.41, 5.74) is 1.82. The van der Waals surface area contributed by atoms with Crippen LogP contribution in [-0.2, 0) is 19.8 Å². The lowest BCUT2D eigenvalue weighted by Crippen LogP contribution is -2.51. The fourth-order valence-electron chi connectivity index (χ4n) is 3.16. The molecular weight excluding hydrogens is 348 g/mol. The number of thiophene rings is 1. The zero-order chi connectivity index (χ0) is 18.6. The molecule has 5 nitrogen and oxygen atoms in total. The van der Waals surface area contributed by atoms with Gasteiger partial charge in [-0.05, 0) is 59.0 Å². The van der Waals surface area contributed by atoms with E-state index in [-0.39, 0.29) is 17.7 Å². The van der Waals surface area contributed by atoms with E-state index < -0.39 is 5.41 Å². The molecule has 0 spiro atoms. The van der Waals surface area contributed by atoms with E-state index in [1.54, 1.807) is 29.5 Å². The van der Waals surface area contributed by atoms with Gasteiger partial charge in [-0.2, -0.15) is 11.3 Å². The molecule has 3 amide bonds. The summed E-state index contributed by atoms with van der Waals surface area (Å²) in [5, 5.41) is 9.16. The molecule has 26 heavy (non-hydrogen) atoms. The van der Waals surface area contributed by atoms with Crippen LogP contribution in [0.5, 0.6) is 0 Å². The van der Waals surface area contributed by atoms with E-state index in [4.69, 9.17) is 0 Å². The van der Waals surface area contributed by atoms with Crippen molar-refractivity contribution in [1.82, 2.24) is 5.32 Å². The lowest BCUT2D eigenvalue weighted by Gasteiger charge is -2.35. The average Bonchev–Trinajstić information content (AvgIpc) is 3.15. The predicted molar refractivity (Wildman–Crippen MR) is 103 cm³/mol. The highest BCUT2D eigenvalue weighted by Crippen LogP contribution is 2.36. The number of nitrogens with one attached hydrogen (secondary N) is 2. The van der Waals surface area contributed by atoms with Crippen molar-refractivity contribution in [1.29, 1.82) is 0 Å².